The summed E-state index contributed by atoms with van der Waals surface area (Å²) in [6, 6.07) is 0.738. The predicted molar refractivity (Wildman–Crippen MR) is 82.6 cm³/mol. The van der Waals surface area contributed by atoms with Crippen LogP contribution in [0, 0.1) is 5.92 Å². The molecule has 2 atom stereocenters. The van der Waals surface area contributed by atoms with E-state index in [1.165, 1.54) is 51.7 Å². The molecule has 0 radical (unpaired) electrons. The monoisotopic (exact) mass is 270 g/mol. The summed E-state index contributed by atoms with van der Waals surface area (Å²) in [5.41, 5.74) is 0. The van der Waals surface area contributed by atoms with Crippen molar-refractivity contribution in [2.75, 3.05) is 39.4 Å². The highest BCUT2D eigenvalue weighted by Gasteiger charge is 2.26. The molecule has 1 aliphatic rings. The van der Waals surface area contributed by atoms with Gasteiger partial charge in [-0.2, -0.15) is 0 Å². The topological polar surface area (TPSA) is 24.5 Å². The summed E-state index contributed by atoms with van der Waals surface area (Å²) < 4.78 is 5.68. The Labute approximate surface area is 120 Å². The molecule has 0 aliphatic carbocycles. The minimum Gasteiger partial charge on any atom is -0.380 e. The summed E-state index contributed by atoms with van der Waals surface area (Å²) in [4.78, 5) is 2.59. The van der Waals surface area contributed by atoms with E-state index < -0.39 is 0 Å². The van der Waals surface area contributed by atoms with Gasteiger partial charge in [0.25, 0.3) is 0 Å². The minimum atomic E-state index is 0.738. The zero-order chi connectivity index (χ0) is 13.9. The van der Waals surface area contributed by atoms with E-state index in [-0.39, 0.29) is 0 Å². The number of likely N-dealkylation sites (tertiary alicyclic amines) is 1. The molecule has 0 saturated carbocycles. The van der Waals surface area contributed by atoms with Gasteiger partial charge >= 0.3 is 0 Å². The number of hydrogen-bond acceptors (Lipinski definition) is 3. The molecule has 19 heavy (non-hydrogen) atoms. The number of unbranched alkanes of at least 4 members (excludes halogenated alkanes) is 1. The van der Waals surface area contributed by atoms with E-state index in [0.717, 1.165) is 31.7 Å². The van der Waals surface area contributed by atoms with Gasteiger partial charge < -0.3 is 15.0 Å². The Balaban J connectivity index is 2.18. The molecule has 114 valence electrons. The zero-order valence-corrected chi connectivity index (χ0v) is 13.3. The first-order valence-corrected chi connectivity index (χ1v) is 8.35. The van der Waals surface area contributed by atoms with Crippen molar-refractivity contribution in [1.82, 2.24) is 10.2 Å². The third-order valence-electron chi connectivity index (χ3n) is 4.19. The van der Waals surface area contributed by atoms with Crippen LogP contribution in [0.15, 0.2) is 0 Å². The maximum atomic E-state index is 5.68. The van der Waals surface area contributed by atoms with Gasteiger partial charge in [0.05, 0.1) is 6.61 Å². The number of nitrogens with zero attached hydrogens (tertiary/aromatic N) is 1. The Morgan fingerprint density at radius 1 is 1.16 bits per heavy atom. The van der Waals surface area contributed by atoms with Crippen molar-refractivity contribution >= 4 is 0 Å². The molecule has 3 heteroatoms. The Morgan fingerprint density at radius 2 is 2.00 bits per heavy atom. The molecule has 0 aromatic carbocycles. The number of nitrogens with one attached hydrogen (secondary N) is 1. The van der Waals surface area contributed by atoms with Crippen molar-refractivity contribution in [3.05, 3.63) is 0 Å². The first-order chi connectivity index (χ1) is 9.31. The molecule has 0 spiro atoms. The van der Waals surface area contributed by atoms with Crippen LogP contribution in [-0.2, 0) is 4.74 Å². The third-order valence-corrected chi connectivity index (χ3v) is 4.19. The van der Waals surface area contributed by atoms with Crippen LogP contribution in [0.1, 0.15) is 52.9 Å². The van der Waals surface area contributed by atoms with Crippen molar-refractivity contribution in [2.24, 2.45) is 5.92 Å². The molecule has 1 rings (SSSR count). The maximum Gasteiger partial charge on any atom is 0.0593 e. The summed E-state index contributed by atoms with van der Waals surface area (Å²) >= 11 is 0. The normalized spacial score (nSPS) is 24.8. The van der Waals surface area contributed by atoms with Crippen LogP contribution in [-0.4, -0.2) is 50.3 Å². The predicted octanol–water partition coefficient (Wildman–Crippen LogP) is 2.90. The van der Waals surface area contributed by atoms with Crippen molar-refractivity contribution in [2.45, 2.75) is 58.9 Å². The van der Waals surface area contributed by atoms with E-state index in [2.05, 4.69) is 31.0 Å². The van der Waals surface area contributed by atoms with E-state index in [1.807, 2.05) is 0 Å². The molecule has 1 heterocycles. The van der Waals surface area contributed by atoms with Gasteiger partial charge in [-0.3, -0.25) is 0 Å². The van der Waals surface area contributed by atoms with Crippen molar-refractivity contribution < 1.29 is 4.74 Å². The van der Waals surface area contributed by atoms with Crippen molar-refractivity contribution in [3.63, 3.8) is 0 Å². The smallest absolute Gasteiger partial charge is 0.0593 e. The fraction of sp³-hybridized carbons (Fsp3) is 1.00. The molecule has 1 saturated heterocycles. The van der Waals surface area contributed by atoms with E-state index in [0.29, 0.717) is 0 Å². The molecule has 1 N–H and O–H groups in total. The van der Waals surface area contributed by atoms with E-state index in [1.54, 1.807) is 0 Å². The van der Waals surface area contributed by atoms with Crippen LogP contribution in [0.4, 0.5) is 0 Å². The first-order valence-electron chi connectivity index (χ1n) is 8.35. The van der Waals surface area contributed by atoms with Gasteiger partial charge in [-0.05, 0) is 38.3 Å². The average Bonchev–Trinajstić information content (AvgIpc) is 2.45. The van der Waals surface area contributed by atoms with Crippen LogP contribution < -0.4 is 5.32 Å². The van der Waals surface area contributed by atoms with Gasteiger partial charge in [-0.15, -0.1) is 0 Å². The number of rotatable bonds is 10. The van der Waals surface area contributed by atoms with Crippen LogP contribution in [0.2, 0.25) is 0 Å². The molecular formula is C16H34N2O. The number of ether oxygens (including phenoxy) is 1. The molecule has 0 aromatic rings. The minimum absolute atomic E-state index is 0.738. The van der Waals surface area contributed by atoms with Gasteiger partial charge in [0.2, 0.25) is 0 Å². The SMILES string of the molecule is CCCCOCCN1CCC(NCCC)C(CC)C1. The first kappa shape index (κ1) is 16.9. The summed E-state index contributed by atoms with van der Waals surface area (Å²) in [6.45, 7) is 13.4. The second-order valence-electron chi connectivity index (χ2n) is 5.78. The van der Waals surface area contributed by atoms with E-state index in [4.69, 9.17) is 4.74 Å². The maximum absolute atomic E-state index is 5.68. The largest absolute Gasteiger partial charge is 0.380 e. The number of piperidine rings is 1. The Kier molecular flexibility index (Phi) is 9.48. The lowest BCUT2D eigenvalue weighted by molar-refractivity contribution is 0.0726. The number of hydrogen-bond donors (Lipinski definition) is 1. The zero-order valence-electron chi connectivity index (χ0n) is 13.3. The van der Waals surface area contributed by atoms with Crippen LogP contribution in [0.3, 0.4) is 0 Å². The second kappa shape index (κ2) is 10.6. The van der Waals surface area contributed by atoms with Crippen LogP contribution in [0.25, 0.3) is 0 Å². The molecule has 0 aromatic heterocycles. The molecule has 1 fully saturated rings. The summed E-state index contributed by atoms with van der Waals surface area (Å²) in [5, 5.41) is 3.72. The highest BCUT2D eigenvalue weighted by molar-refractivity contribution is 4.84. The van der Waals surface area contributed by atoms with Gasteiger partial charge in [-0.25, -0.2) is 0 Å². The quantitative estimate of drug-likeness (QED) is 0.618. The van der Waals surface area contributed by atoms with E-state index >= 15 is 0 Å². The van der Waals surface area contributed by atoms with Crippen molar-refractivity contribution in [1.29, 1.82) is 0 Å². The molecular weight excluding hydrogens is 236 g/mol. The van der Waals surface area contributed by atoms with Crippen LogP contribution in [0.5, 0.6) is 0 Å². The van der Waals surface area contributed by atoms with E-state index in [9.17, 15) is 0 Å². The Morgan fingerprint density at radius 3 is 2.68 bits per heavy atom. The summed E-state index contributed by atoms with van der Waals surface area (Å²) in [7, 11) is 0. The van der Waals surface area contributed by atoms with Gasteiger partial charge in [0.1, 0.15) is 0 Å². The standard InChI is InChI=1S/C16H34N2O/c1-4-7-12-19-13-11-18-10-8-16(17-9-5-2)15(6-3)14-18/h15-17H,4-14H2,1-3H3. The fourth-order valence-corrected chi connectivity index (χ4v) is 2.86. The van der Waals surface area contributed by atoms with Crippen molar-refractivity contribution in [3.8, 4) is 0 Å². The average molecular weight is 270 g/mol. The third kappa shape index (κ3) is 6.73. The van der Waals surface area contributed by atoms with Gasteiger partial charge in [0, 0.05) is 25.7 Å². The molecule has 0 bridgehead atoms. The highest BCUT2D eigenvalue weighted by Crippen LogP contribution is 2.20. The molecule has 3 nitrogen and oxygen atoms in total. The Bertz CT molecular complexity index is 209. The fourth-order valence-electron chi connectivity index (χ4n) is 2.86. The Hall–Kier alpha value is -0.120. The highest BCUT2D eigenvalue weighted by atomic mass is 16.5. The summed E-state index contributed by atoms with van der Waals surface area (Å²) in [5.74, 6) is 0.816. The van der Waals surface area contributed by atoms with Crippen LogP contribution >= 0.6 is 0 Å². The summed E-state index contributed by atoms with van der Waals surface area (Å²) in [6.07, 6.45) is 6.25. The lowest BCUT2D eigenvalue weighted by Crippen LogP contribution is -2.50. The lowest BCUT2D eigenvalue weighted by Gasteiger charge is -2.38. The lowest BCUT2D eigenvalue weighted by atomic mass is 9.90. The second-order valence-corrected chi connectivity index (χ2v) is 5.78. The molecule has 0 amide bonds. The van der Waals surface area contributed by atoms with Gasteiger partial charge in [-0.1, -0.05) is 33.6 Å². The van der Waals surface area contributed by atoms with Gasteiger partial charge in [0.15, 0.2) is 0 Å². The molecule has 1 aliphatic heterocycles. The molecule has 2 unspecified atom stereocenters.